The van der Waals surface area contributed by atoms with E-state index in [1.807, 2.05) is 54.6 Å². The van der Waals surface area contributed by atoms with Crippen molar-refractivity contribution in [3.05, 3.63) is 60.2 Å². The average Bonchev–Trinajstić information content (AvgIpc) is 2.67. The second kappa shape index (κ2) is 8.67. The molecule has 0 spiro atoms. The van der Waals surface area contributed by atoms with Crippen LogP contribution in [0.15, 0.2) is 54.6 Å². The van der Waals surface area contributed by atoms with Crippen LogP contribution in [0.3, 0.4) is 0 Å². The van der Waals surface area contributed by atoms with Crippen molar-refractivity contribution in [1.29, 1.82) is 0 Å². The van der Waals surface area contributed by atoms with Crippen molar-refractivity contribution in [1.82, 2.24) is 5.32 Å². The summed E-state index contributed by atoms with van der Waals surface area (Å²) in [5.41, 5.74) is 1.74. The molecule has 2 N–H and O–H groups in total. The van der Waals surface area contributed by atoms with Gasteiger partial charge in [-0.1, -0.05) is 55.7 Å². The van der Waals surface area contributed by atoms with Gasteiger partial charge >= 0.3 is 0 Å². The number of amides is 1. The number of ether oxygens (including phenoxy) is 1. The van der Waals surface area contributed by atoms with Crippen LogP contribution >= 0.6 is 0 Å². The van der Waals surface area contributed by atoms with Crippen LogP contribution in [0.4, 0.5) is 5.69 Å². The van der Waals surface area contributed by atoms with E-state index in [0.29, 0.717) is 6.04 Å². The lowest BCUT2D eigenvalue weighted by atomic mass is 9.93. The largest absolute Gasteiger partial charge is 0.497 e. The van der Waals surface area contributed by atoms with Crippen molar-refractivity contribution in [2.75, 3.05) is 12.4 Å². The van der Waals surface area contributed by atoms with Gasteiger partial charge in [-0.25, -0.2) is 0 Å². The summed E-state index contributed by atoms with van der Waals surface area (Å²) in [5.74, 6) is 0.694. The van der Waals surface area contributed by atoms with Crippen molar-refractivity contribution < 1.29 is 9.53 Å². The number of carbonyl (C=O) groups is 1. The molecule has 0 bridgehead atoms. The van der Waals surface area contributed by atoms with E-state index in [-0.39, 0.29) is 11.9 Å². The van der Waals surface area contributed by atoms with E-state index < -0.39 is 0 Å². The Hall–Kier alpha value is -2.33. The molecule has 2 aromatic rings. The Balaban J connectivity index is 1.76. The molecule has 25 heavy (non-hydrogen) atoms. The summed E-state index contributed by atoms with van der Waals surface area (Å²) in [6, 6.07) is 17.4. The number of hydrogen-bond acceptors (Lipinski definition) is 3. The quantitative estimate of drug-likeness (QED) is 0.826. The van der Waals surface area contributed by atoms with Gasteiger partial charge in [-0.05, 0) is 30.5 Å². The fourth-order valence-electron chi connectivity index (χ4n) is 3.39. The number of carbonyl (C=O) groups excluding carboxylic acids is 1. The van der Waals surface area contributed by atoms with Crippen LogP contribution in [0, 0.1) is 0 Å². The molecule has 0 saturated heterocycles. The first-order valence-corrected chi connectivity index (χ1v) is 9.02. The molecule has 1 amide bonds. The molecule has 1 fully saturated rings. The minimum atomic E-state index is -0.351. The standard InChI is InChI=1S/C21H26N2O2/c1-25-19-14-8-13-18(15-19)23-21(24)20(16-9-4-2-5-10-16)22-17-11-6-3-7-12-17/h2,4-5,8-10,13-15,17,20,22H,3,6-7,11-12H2,1H3,(H,23,24). The summed E-state index contributed by atoms with van der Waals surface area (Å²) in [6.45, 7) is 0. The molecule has 4 nitrogen and oxygen atoms in total. The highest BCUT2D eigenvalue weighted by Crippen LogP contribution is 2.24. The fraction of sp³-hybridized carbons (Fsp3) is 0.381. The normalized spacial score (nSPS) is 16.2. The first-order valence-electron chi connectivity index (χ1n) is 9.02. The van der Waals surface area contributed by atoms with E-state index in [0.717, 1.165) is 29.8 Å². The van der Waals surface area contributed by atoms with Gasteiger partial charge in [-0.15, -0.1) is 0 Å². The molecule has 0 radical (unpaired) electrons. The monoisotopic (exact) mass is 338 g/mol. The predicted molar refractivity (Wildman–Crippen MR) is 101 cm³/mol. The molecule has 1 unspecified atom stereocenters. The Morgan fingerprint density at radius 3 is 2.52 bits per heavy atom. The molecule has 0 heterocycles. The molecule has 1 atom stereocenters. The van der Waals surface area contributed by atoms with Crippen molar-refractivity contribution in [2.24, 2.45) is 0 Å². The van der Waals surface area contributed by atoms with Gasteiger partial charge < -0.3 is 10.1 Å². The second-order valence-electron chi connectivity index (χ2n) is 6.57. The van der Waals surface area contributed by atoms with E-state index in [1.54, 1.807) is 7.11 Å². The first-order chi connectivity index (χ1) is 12.3. The zero-order valence-corrected chi connectivity index (χ0v) is 14.7. The van der Waals surface area contributed by atoms with Crippen LogP contribution in [0.5, 0.6) is 5.75 Å². The van der Waals surface area contributed by atoms with E-state index in [2.05, 4.69) is 10.6 Å². The lowest BCUT2D eigenvalue weighted by molar-refractivity contribution is -0.118. The third-order valence-electron chi connectivity index (χ3n) is 4.74. The summed E-state index contributed by atoms with van der Waals surface area (Å²) in [4.78, 5) is 13.0. The van der Waals surface area contributed by atoms with E-state index in [1.165, 1.54) is 19.3 Å². The van der Waals surface area contributed by atoms with Crippen molar-refractivity contribution in [3.63, 3.8) is 0 Å². The molecular formula is C21H26N2O2. The average molecular weight is 338 g/mol. The van der Waals surface area contributed by atoms with Crippen LogP contribution in [0.1, 0.15) is 43.7 Å². The molecule has 0 aromatic heterocycles. The number of hydrogen-bond donors (Lipinski definition) is 2. The van der Waals surface area contributed by atoms with Crippen LogP contribution < -0.4 is 15.4 Å². The highest BCUT2D eigenvalue weighted by atomic mass is 16.5. The number of nitrogens with one attached hydrogen (secondary N) is 2. The third kappa shape index (κ3) is 4.83. The molecule has 132 valence electrons. The Kier molecular flexibility index (Phi) is 6.07. The van der Waals surface area contributed by atoms with E-state index >= 15 is 0 Å². The topological polar surface area (TPSA) is 50.4 Å². The lowest BCUT2D eigenvalue weighted by Crippen LogP contribution is -2.40. The molecule has 3 rings (SSSR count). The third-order valence-corrected chi connectivity index (χ3v) is 4.74. The van der Waals surface area contributed by atoms with Crippen LogP contribution in [-0.2, 0) is 4.79 Å². The number of rotatable bonds is 6. The maximum absolute atomic E-state index is 13.0. The summed E-state index contributed by atoms with van der Waals surface area (Å²) in [7, 11) is 1.62. The minimum absolute atomic E-state index is 0.0370. The molecule has 0 aliphatic heterocycles. The van der Waals surface area contributed by atoms with Gasteiger partial charge in [0.15, 0.2) is 0 Å². The highest BCUT2D eigenvalue weighted by Gasteiger charge is 2.25. The molecule has 1 aliphatic rings. The summed E-state index contributed by atoms with van der Waals surface area (Å²) in [5, 5.41) is 6.60. The lowest BCUT2D eigenvalue weighted by Gasteiger charge is -2.28. The van der Waals surface area contributed by atoms with E-state index in [4.69, 9.17) is 4.74 Å². The van der Waals surface area contributed by atoms with Crippen molar-refractivity contribution in [2.45, 2.75) is 44.2 Å². The van der Waals surface area contributed by atoms with Gasteiger partial charge in [0.1, 0.15) is 11.8 Å². The summed E-state index contributed by atoms with van der Waals surface area (Å²) < 4.78 is 5.24. The first kappa shape index (κ1) is 17.5. The second-order valence-corrected chi connectivity index (χ2v) is 6.57. The molecule has 1 saturated carbocycles. The predicted octanol–water partition coefficient (Wildman–Crippen LogP) is 4.30. The maximum Gasteiger partial charge on any atom is 0.246 e. The van der Waals surface area contributed by atoms with Crippen LogP contribution in [0.25, 0.3) is 0 Å². The van der Waals surface area contributed by atoms with Gasteiger partial charge in [0.25, 0.3) is 0 Å². The molecule has 2 aromatic carbocycles. The minimum Gasteiger partial charge on any atom is -0.497 e. The van der Waals surface area contributed by atoms with Crippen LogP contribution in [0.2, 0.25) is 0 Å². The Morgan fingerprint density at radius 1 is 1.04 bits per heavy atom. The number of methoxy groups -OCH3 is 1. The highest BCUT2D eigenvalue weighted by molar-refractivity contribution is 5.95. The number of anilines is 1. The number of benzene rings is 2. The Morgan fingerprint density at radius 2 is 1.80 bits per heavy atom. The van der Waals surface area contributed by atoms with Gasteiger partial charge in [-0.2, -0.15) is 0 Å². The zero-order valence-electron chi connectivity index (χ0n) is 14.7. The summed E-state index contributed by atoms with van der Waals surface area (Å²) >= 11 is 0. The Bertz CT molecular complexity index is 681. The van der Waals surface area contributed by atoms with Crippen molar-refractivity contribution in [3.8, 4) is 5.75 Å². The SMILES string of the molecule is COc1cccc(NC(=O)C(NC2CCCCC2)c2ccccc2)c1. The maximum atomic E-state index is 13.0. The zero-order chi connectivity index (χ0) is 17.5. The van der Waals surface area contributed by atoms with Gasteiger partial charge in [0.05, 0.1) is 7.11 Å². The summed E-state index contributed by atoms with van der Waals surface area (Å²) in [6.07, 6.45) is 6.03. The Labute approximate surface area is 149 Å². The molecular weight excluding hydrogens is 312 g/mol. The molecule has 1 aliphatic carbocycles. The smallest absolute Gasteiger partial charge is 0.246 e. The van der Waals surface area contributed by atoms with Gasteiger partial charge in [-0.3, -0.25) is 10.1 Å². The van der Waals surface area contributed by atoms with Gasteiger partial charge in [0, 0.05) is 17.8 Å². The van der Waals surface area contributed by atoms with Gasteiger partial charge in [0.2, 0.25) is 5.91 Å². The molecule has 4 heteroatoms. The van der Waals surface area contributed by atoms with Crippen molar-refractivity contribution >= 4 is 11.6 Å². The fourth-order valence-corrected chi connectivity index (χ4v) is 3.39. The van der Waals surface area contributed by atoms with Crippen LogP contribution in [-0.4, -0.2) is 19.1 Å². The van der Waals surface area contributed by atoms with E-state index in [9.17, 15) is 4.79 Å².